The summed E-state index contributed by atoms with van der Waals surface area (Å²) < 4.78 is 65.1. The van der Waals surface area contributed by atoms with E-state index in [0.29, 0.717) is 22.6 Å². The van der Waals surface area contributed by atoms with Crippen molar-refractivity contribution in [2.75, 3.05) is 17.1 Å². The van der Waals surface area contributed by atoms with Gasteiger partial charge in [0, 0.05) is 29.1 Å². The number of ether oxygens (including phenoxy) is 1. The summed E-state index contributed by atoms with van der Waals surface area (Å²) in [4.78, 5) is 8.44. The van der Waals surface area contributed by atoms with Crippen molar-refractivity contribution in [3.05, 3.63) is 71.6 Å². The fraction of sp³-hybridized carbons (Fsp3) is 0.136. The van der Waals surface area contributed by atoms with Crippen LogP contribution in [0.2, 0.25) is 0 Å². The van der Waals surface area contributed by atoms with Gasteiger partial charge in [-0.3, -0.25) is 0 Å². The molecule has 0 saturated carbocycles. The summed E-state index contributed by atoms with van der Waals surface area (Å²) in [6.07, 6.45) is 1.44. The maximum Gasteiger partial charge on any atom is 0.264 e. The van der Waals surface area contributed by atoms with Gasteiger partial charge in [-0.05, 0) is 50.2 Å². The van der Waals surface area contributed by atoms with Crippen molar-refractivity contribution in [1.29, 1.82) is 0 Å². The van der Waals surface area contributed by atoms with Crippen LogP contribution < -0.4 is 14.8 Å². The lowest BCUT2D eigenvalue weighted by atomic mass is 10.1. The van der Waals surface area contributed by atoms with E-state index in [1.54, 1.807) is 13.8 Å². The zero-order valence-electron chi connectivity index (χ0n) is 18.3. The molecular weight excluding hydrogens is 468 g/mol. The lowest BCUT2D eigenvalue weighted by Gasteiger charge is -2.11. The van der Waals surface area contributed by atoms with Gasteiger partial charge >= 0.3 is 0 Å². The molecule has 0 radical (unpaired) electrons. The summed E-state index contributed by atoms with van der Waals surface area (Å²) in [6.45, 7) is 3.40. The monoisotopic (exact) mass is 487 g/mol. The number of aryl methyl sites for hydroxylation is 1. The molecule has 0 unspecified atom stereocenters. The van der Waals surface area contributed by atoms with Crippen LogP contribution in [0.4, 0.5) is 26.3 Å². The molecule has 2 aromatic carbocycles. The minimum atomic E-state index is -3.89. The Balaban J connectivity index is 1.55. The molecule has 0 aliphatic heterocycles. The van der Waals surface area contributed by atoms with Gasteiger partial charge in [-0.1, -0.05) is 5.16 Å². The number of methoxy groups -OCH3 is 1. The SMILES string of the molecule is COc1cc(F)c(F)cc1-c1ccnc(Nc2ccc(S(=O)(=O)Nc3onc(C)c3C)cc2)n1. The molecule has 0 amide bonds. The van der Waals surface area contributed by atoms with Gasteiger partial charge < -0.3 is 14.6 Å². The number of halogens is 2. The van der Waals surface area contributed by atoms with Crippen molar-refractivity contribution >= 4 is 27.5 Å². The topological polar surface area (TPSA) is 119 Å². The molecule has 4 rings (SSSR count). The largest absolute Gasteiger partial charge is 0.496 e. The van der Waals surface area contributed by atoms with Gasteiger partial charge in [-0.2, -0.15) is 0 Å². The third-order valence-electron chi connectivity index (χ3n) is 4.98. The lowest BCUT2D eigenvalue weighted by molar-refractivity contribution is 0.408. The normalized spacial score (nSPS) is 11.3. The van der Waals surface area contributed by atoms with E-state index in [0.717, 1.165) is 12.1 Å². The standard InChI is InChI=1S/C22H19F2N5O4S/c1-12-13(2)28-33-21(12)29-34(30,31)15-6-4-14(5-7-15)26-22-25-9-8-19(27-22)16-10-17(23)18(24)11-20(16)32-3/h4-11,29H,1-3H3,(H,25,26,27). The third kappa shape index (κ3) is 4.66. The van der Waals surface area contributed by atoms with Gasteiger partial charge in [0.15, 0.2) is 11.6 Å². The molecule has 2 heterocycles. The highest BCUT2D eigenvalue weighted by Crippen LogP contribution is 2.31. The van der Waals surface area contributed by atoms with Gasteiger partial charge in [0.2, 0.25) is 11.8 Å². The minimum Gasteiger partial charge on any atom is -0.496 e. The smallest absolute Gasteiger partial charge is 0.264 e. The van der Waals surface area contributed by atoms with Crippen molar-refractivity contribution in [3.8, 4) is 17.0 Å². The van der Waals surface area contributed by atoms with Gasteiger partial charge in [-0.15, -0.1) is 0 Å². The van der Waals surface area contributed by atoms with Crippen molar-refractivity contribution < 1.29 is 26.5 Å². The summed E-state index contributed by atoms with van der Waals surface area (Å²) in [7, 11) is -2.55. The zero-order chi connectivity index (χ0) is 24.5. The Kier molecular flexibility index (Phi) is 6.16. The highest BCUT2D eigenvalue weighted by Gasteiger charge is 2.19. The summed E-state index contributed by atoms with van der Waals surface area (Å²) in [5.41, 5.74) is 2.23. The molecule has 4 aromatic rings. The van der Waals surface area contributed by atoms with Crippen LogP contribution in [0.1, 0.15) is 11.3 Å². The molecule has 0 fully saturated rings. The maximum absolute atomic E-state index is 13.8. The van der Waals surface area contributed by atoms with Crippen molar-refractivity contribution in [2.24, 2.45) is 0 Å². The predicted octanol–water partition coefficient (Wildman–Crippen LogP) is 4.58. The number of sulfonamides is 1. The van der Waals surface area contributed by atoms with Crippen LogP contribution in [0.25, 0.3) is 11.3 Å². The first kappa shape index (κ1) is 23.1. The van der Waals surface area contributed by atoms with Gasteiger partial charge in [0.1, 0.15) is 5.75 Å². The van der Waals surface area contributed by atoms with Gasteiger partial charge in [-0.25, -0.2) is 31.9 Å². The Morgan fingerprint density at radius 2 is 1.74 bits per heavy atom. The van der Waals surface area contributed by atoms with Crippen molar-refractivity contribution in [2.45, 2.75) is 18.7 Å². The Hall–Kier alpha value is -4.06. The molecule has 0 spiro atoms. The third-order valence-corrected chi connectivity index (χ3v) is 6.33. The lowest BCUT2D eigenvalue weighted by Crippen LogP contribution is -2.13. The first-order valence-electron chi connectivity index (χ1n) is 9.87. The fourth-order valence-corrected chi connectivity index (χ4v) is 4.05. The minimum absolute atomic E-state index is 0.00713. The Labute approximate surface area is 193 Å². The second kappa shape index (κ2) is 9.06. The Morgan fingerprint density at radius 3 is 2.38 bits per heavy atom. The first-order valence-corrected chi connectivity index (χ1v) is 11.4. The molecule has 34 heavy (non-hydrogen) atoms. The van der Waals surface area contributed by atoms with Crippen LogP contribution in [0.15, 0.2) is 58.1 Å². The summed E-state index contributed by atoms with van der Waals surface area (Å²) in [5.74, 6) is -1.75. The van der Waals surface area contributed by atoms with Crippen LogP contribution in [-0.2, 0) is 10.0 Å². The van der Waals surface area contributed by atoms with Gasteiger partial charge in [0.05, 0.1) is 23.4 Å². The number of hydrogen-bond acceptors (Lipinski definition) is 8. The van der Waals surface area contributed by atoms with E-state index in [4.69, 9.17) is 9.26 Å². The number of nitrogens with one attached hydrogen (secondary N) is 2. The van der Waals surface area contributed by atoms with E-state index in [-0.39, 0.29) is 28.0 Å². The number of nitrogens with zero attached hydrogens (tertiary/aromatic N) is 3. The highest BCUT2D eigenvalue weighted by molar-refractivity contribution is 7.92. The quantitative estimate of drug-likeness (QED) is 0.389. The van der Waals surface area contributed by atoms with E-state index in [9.17, 15) is 17.2 Å². The zero-order valence-corrected chi connectivity index (χ0v) is 19.1. The van der Waals surface area contributed by atoms with E-state index in [1.165, 1.54) is 43.6 Å². The van der Waals surface area contributed by atoms with E-state index in [2.05, 4.69) is 25.2 Å². The molecular formula is C22H19F2N5O4S. The van der Waals surface area contributed by atoms with E-state index in [1.807, 2.05) is 0 Å². The first-order chi connectivity index (χ1) is 16.2. The van der Waals surface area contributed by atoms with Crippen LogP contribution in [-0.4, -0.2) is 30.7 Å². The Morgan fingerprint density at radius 1 is 1.03 bits per heavy atom. The molecule has 2 N–H and O–H groups in total. The van der Waals surface area contributed by atoms with Crippen molar-refractivity contribution in [1.82, 2.24) is 15.1 Å². The summed E-state index contributed by atoms with van der Waals surface area (Å²) >= 11 is 0. The summed E-state index contributed by atoms with van der Waals surface area (Å²) in [5, 5.41) is 6.67. The van der Waals surface area contributed by atoms with Crippen LogP contribution in [0.3, 0.4) is 0 Å². The average Bonchev–Trinajstić information content (AvgIpc) is 3.12. The fourth-order valence-electron chi connectivity index (χ4n) is 3.00. The highest BCUT2D eigenvalue weighted by atomic mass is 32.2. The second-order valence-corrected chi connectivity index (χ2v) is 8.89. The number of anilines is 3. The summed E-state index contributed by atoms with van der Waals surface area (Å²) in [6, 6.07) is 9.30. The average molecular weight is 487 g/mol. The molecule has 0 saturated heterocycles. The van der Waals surface area contributed by atoms with Crippen LogP contribution >= 0.6 is 0 Å². The molecule has 0 aliphatic rings. The number of hydrogen-bond donors (Lipinski definition) is 2. The molecule has 176 valence electrons. The second-order valence-electron chi connectivity index (χ2n) is 7.21. The van der Waals surface area contributed by atoms with Crippen molar-refractivity contribution in [3.63, 3.8) is 0 Å². The number of rotatable bonds is 7. The number of aromatic nitrogens is 3. The molecule has 9 nitrogen and oxygen atoms in total. The molecule has 12 heteroatoms. The predicted molar refractivity (Wildman–Crippen MR) is 120 cm³/mol. The Bertz CT molecular complexity index is 1460. The van der Waals surface area contributed by atoms with Crippen LogP contribution in [0, 0.1) is 25.5 Å². The number of benzene rings is 2. The molecule has 0 bridgehead atoms. The molecule has 0 aliphatic carbocycles. The maximum atomic E-state index is 13.8. The molecule has 2 aromatic heterocycles. The van der Waals surface area contributed by atoms with Crippen LogP contribution in [0.5, 0.6) is 5.75 Å². The van der Waals surface area contributed by atoms with E-state index < -0.39 is 21.7 Å². The van der Waals surface area contributed by atoms with E-state index >= 15 is 0 Å². The molecule has 0 atom stereocenters. The van der Waals surface area contributed by atoms with Gasteiger partial charge in [0.25, 0.3) is 10.0 Å².